The molecule has 0 radical (unpaired) electrons. The number of thiazole rings is 1. The molecule has 0 bridgehead atoms. The Labute approximate surface area is 135 Å². The van der Waals surface area contributed by atoms with Crippen molar-refractivity contribution in [2.75, 3.05) is 0 Å². The third-order valence-corrected chi connectivity index (χ3v) is 3.72. The Morgan fingerprint density at radius 3 is 2.48 bits per heavy atom. The van der Waals surface area contributed by atoms with E-state index < -0.39 is 11.9 Å². The van der Waals surface area contributed by atoms with Crippen molar-refractivity contribution in [3.05, 3.63) is 28.0 Å². The Morgan fingerprint density at radius 1 is 1.35 bits per heavy atom. The molecule has 0 spiro atoms. The molecule has 5 nitrogen and oxygen atoms in total. The van der Waals surface area contributed by atoms with Crippen molar-refractivity contribution in [3.63, 3.8) is 0 Å². The lowest BCUT2D eigenvalue weighted by atomic mass is 10.1. The van der Waals surface area contributed by atoms with Gasteiger partial charge in [0.25, 0.3) is 0 Å². The highest BCUT2D eigenvalue weighted by Crippen LogP contribution is 2.30. The maximum Gasteiger partial charge on any atom is 0.434 e. The van der Waals surface area contributed by atoms with Crippen LogP contribution in [0, 0.1) is 0 Å². The summed E-state index contributed by atoms with van der Waals surface area (Å²) < 4.78 is 44.6. The van der Waals surface area contributed by atoms with Crippen LogP contribution in [0.4, 0.5) is 13.2 Å². The van der Waals surface area contributed by atoms with Gasteiger partial charge in [0.05, 0.1) is 11.7 Å². The standard InChI is InChI=1S/C14H16F3N3O2S/c1-8(21)12-9(5-20(19-12)13(2,3)4)22-6-11-18-10(7-23-11)14(15,16)17/h5,7H,6H2,1-4H3. The third kappa shape index (κ3) is 4.10. The van der Waals surface area contributed by atoms with E-state index >= 15 is 0 Å². The minimum Gasteiger partial charge on any atom is -0.482 e. The van der Waals surface area contributed by atoms with E-state index in [9.17, 15) is 18.0 Å². The summed E-state index contributed by atoms with van der Waals surface area (Å²) in [5, 5.41) is 5.29. The van der Waals surface area contributed by atoms with E-state index in [0.717, 1.165) is 16.7 Å². The van der Waals surface area contributed by atoms with Gasteiger partial charge in [-0.3, -0.25) is 9.48 Å². The van der Waals surface area contributed by atoms with Crippen molar-refractivity contribution in [1.82, 2.24) is 14.8 Å². The average Bonchev–Trinajstić information content (AvgIpc) is 3.01. The van der Waals surface area contributed by atoms with Crippen LogP contribution in [0.3, 0.4) is 0 Å². The highest BCUT2D eigenvalue weighted by atomic mass is 32.1. The van der Waals surface area contributed by atoms with Crippen LogP contribution in [0.5, 0.6) is 5.75 Å². The van der Waals surface area contributed by atoms with E-state index in [1.807, 2.05) is 20.8 Å². The van der Waals surface area contributed by atoms with Crippen LogP contribution in [0.25, 0.3) is 0 Å². The van der Waals surface area contributed by atoms with Gasteiger partial charge in [-0.1, -0.05) is 0 Å². The number of rotatable bonds is 4. The maximum atomic E-state index is 12.5. The Bertz CT molecular complexity index is 714. The Balaban J connectivity index is 2.18. The SMILES string of the molecule is CC(=O)c1nn(C(C)(C)C)cc1OCc1nc(C(F)(F)F)cs1. The first kappa shape index (κ1) is 17.5. The second kappa shape index (κ2) is 5.95. The van der Waals surface area contributed by atoms with E-state index in [2.05, 4.69) is 10.1 Å². The number of halogens is 3. The van der Waals surface area contributed by atoms with Crippen LogP contribution in [-0.4, -0.2) is 20.5 Å². The number of aromatic nitrogens is 3. The third-order valence-electron chi connectivity index (χ3n) is 2.89. The molecule has 0 saturated carbocycles. The summed E-state index contributed by atoms with van der Waals surface area (Å²) in [5.41, 5.74) is -1.15. The second-order valence-electron chi connectivity index (χ2n) is 5.93. The fraction of sp³-hybridized carbons (Fsp3) is 0.500. The minimum atomic E-state index is -4.48. The van der Waals surface area contributed by atoms with Crippen LogP contribution >= 0.6 is 11.3 Å². The Kier molecular flexibility index (Phi) is 4.52. The number of carbonyl (C=O) groups is 1. The lowest BCUT2D eigenvalue weighted by Gasteiger charge is -2.18. The lowest BCUT2D eigenvalue weighted by Crippen LogP contribution is -2.22. The number of hydrogen-bond acceptors (Lipinski definition) is 5. The van der Waals surface area contributed by atoms with Gasteiger partial charge in [-0.25, -0.2) is 4.98 Å². The molecule has 0 fully saturated rings. The lowest BCUT2D eigenvalue weighted by molar-refractivity contribution is -0.140. The van der Waals surface area contributed by atoms with Gasteiger partial charge in [0.15, 0.2) is 22.9 Å². The fourth-order valence-corrected chi connectivity index (χ4v) is 2.41. The van der Waals surface area contributed by atoms with Crippen molar-refractivity contribution >= 4 is 17.1 Å². The number of ether oxygens (including phenoxy) is 1. The molecular formula is C14H16F3N3O2S. The normalized spacial score (nSPS) is 12.5. The topological polar surface area (TPSA) is 57.0 Å². The van der Waals surface area contributed by atoms with E-state index in [4.69, 9.17) is 4.74 Å². The zero-order chi connectivity index (χ0) is 17.4. The van der Waals surface area contributed by atoms with E-state index in [-0.39, 0.29) is 34.4 Å². The molecule has 0 amide bonds. The predicted octanol–water partition coefficient (Wildman–Crippen LogP) is 3.90. The molecule has 2 rings (SSSR count). The highest BCUT2D eigenvalue weighted by Gasteiger charge is 2.33. The summed E-state index contributed by atoms with van der Waals surface area (Å²) in [6, 6.07) is 0. The smallest absolute Gasteiger partial charge is 0.434 e. The molecule has 0 aliphatic carbocycles. The Morgan fingerprint density at radius 2 is 2.00 bits per heavy atom. The summed E-state index contributed by atoms with van der Waals surface area (Å²) in [4.78, 5) is 15.1. The maximum absolute atomic E-state index is 12.5. The zero-order valence-electron chi connectivity index (χ0n) is 13.1. The summed E-state index contributed by atoms with van der Waals surface area (Å²) in [6.07, 6.45) is -2.91. The van der Waals surface area contributed by atoms with Crippen LogP contribution in [-0.2, 0) is 18.3 Å². The minimum absolute atomic E-state index is 0.146. The zero-order valence-corrected chi connectivity index (χ0v) is 13.9. The highest BCUT2D eigenvalue weighted by molar-refractivity contribution is 7.09. The first-order valence-electron chi connectivity index (χ1n) is 6.74. The van der Waals surface area contributed by atoms with Gasteiger partial charge in [-0.2, -0.15) is 18.3 Å². The number of ketones is 1. The number of carbonyl (C=O) groups excluding carboxylic acids is 1. The van der Waals surface area contributed by atoms with Crippen molar-refractivity contribution in [3.8, 4) is 5.75 Å². The van der Waals surface area contributed by atoms with Crippen molar-refractivity contribution in [1.29, 1.82) is 0 Å². The quantitative estimate of drug-likeness (QED) is 0.787. The number of hydrogen-bond donors (Lipinski definition) is 0. The van der Waals surface area contributed by atoms with Gasteiger partial charge in [0, 0.05) is 12.3 Å². The molecule has 0 atom stereocenters. The molecule has 2 heterocycles. The monoisotopic (exact) mass is 347 g/mol. The number of nitrogens with zero attached hydrogens (tertiary/aromatic N) is 3. The average molecular weight is 347 g/mol. The first-order chi connectivity index (χ1) is 10.5. The first-order valence-corrected chi connectivity index (χ1v) is 7.62. The van der Waals surface area contributed by atoms with E-state index in [0.29, 0.717) is 0 Å². The number of alkyl halides is 3. The van der Waals surface area contributed by atoms with E-state index in [1.165, 1.54) is 6.92 Å². The molecule has 0 unspecified atom stereocenters. The van der Waals surface area contributed by atoms with Crippen LogP contribution in [0.2, 0.25) is 0 Å². The van der Waals surface area contributed by atoms with E-state index in [1.54, 1.807) is 10.9 Å². The van der Waals surface area contributed by atoms with Gasteiger partial charge in [0.2, 0.25) is 0 Å². The summed E-state index contributed by atoms with van der Waals surface area (Å²) in [7, 11) is 0. The van der Waals surface area contributed by atoms with Gasteiger partial charge in [-0.05, 0) is 20.8 Å². The summed E-state index contributed by atoms with van der Waals surface area (Å²) >= 11 is 0.854. The molecule has 23 heavy (non-hydrogen) atoms. The second-order valence-corrected chi connectivity index (χ2v) is 6.87. The van der Waals surface area contributed by atoms with Crippen LogP contribution in [0.15, 0.2) is 11.6 Å². The fourth-order valence-electron chi connectivity index (χ4n) is 1.70. The van der Waals surface area contributed by atoms with Crippen molar-refractivity contribution in [2.24, 2.45) is 0 Å². The molecule has 0 aromatic carbocycles. The largest absolute Gasteiger partial charge is 0.482 e. The molecule has 0 aliphatic rings. The number of Topliss-reactive ketones (excluding diaryl/α,β-unsaturated/α-hetero) is 1. The van der Waals surface area contributed by atoms with Crippen LogP contribution in [0.1, 0.15) is 48.9 Å². The molecule has 0 aliphatic heterocycles. The molecule has 0 saturated heterocycles. The Hall–Kier alpha value is -1.90. The molecule has 9 heteroatoms. The van der Waals surface area contributed by atoms with Crippen molar-refractivity contribution in [2.45, 2.75) is 46.0 Å². The predicted molar refractivity (Wildman–Crippen MR) is 78.7 cm³/mol. The van der Waals surface area contributed by atoms with Gasteiger partial charge in [0.1, 0.15) is 11.6 Å². The summed E-state index contributed by atoms with van der Waals surface area (Å²) in [5.74, 6) is -0.0469. The van der Waals surface area contributed by atoms with Crippen LogP contribution < -0.4 is 4.74 Å². The van der Waals surface area contributed by atoms with Gasteiger partial charge >= 0.3 is 6.18 Å². The van der Waals surface area contributed by atoms with Gasteiger partial charge in [-0.15, -0.1) is 11.3 Å². The summed E-state index contributed by atoms with van der Waals surface area (Å²) in [6.45, 7) is 6.92. The van der Waals surface area contributed by atoms with Crippen molar-refractivity contribution < 1.29 is 22.7 Å². The molecular weight excluding hydrogens is 331 g/mol. The van der Waals surface area contributed by atoms with Gasteiger partial charge < -0.3 is 4.74 Å². The molecule has 2 aromatic rings. The molecule has 2 aromatic heterocycles. The molecule has 0 N–H and O–H groups in total. The molecule has 126 valence electrons.